The summed E-state index contributed by atoms with van der Waals surface area (Å²) in [4.78, 5) is 20.7. The number of hydrogen-bond donors (Lipinski definition) is 2. The molecule has 19 heavy (non-hydrogen) atoms. The molecule has 2 heterocycles. The van der Waals surface area contributed by atoms with Gasteiger partial charge in [-0.25, -0.2) is 9.97 Å². The van der Waals surface area contributed by atoms with Crippen LogP contribution >= 0.6 is 11.6 Å². The summed E-state index contributed by atoms with van der Waals surface area (Å²) < 4.78 is 0. The van der Waals surface area contributed by atoms with Gasteiger partial charge in [-0.2, -0.15) is 0 Å². The molecule has 1 aromatic rings. The molecule has 6 heteroatoms. The summed E-state index contributed by atoms with van der Waals surface area (Å²) in [5.41, 5.74) is 0.258. The number of carbonyl (C=O) groups is 1. The van der Waals surface area contributed by atoms with E-state index in [1.807, 2.05) is 6.92 Å². The maximum Gasteiger partial charge on any atom is 0.247 e. The van der Waals surface area contributed by atoms with Crippen LogP contribution in [0, 0.1) is 6.92 Å². The predicted octanol–water partition coefficient (Wildman–Crippen LogP) is 2.30. The number of nitrogens with zero attached hydrogens (tertiary/aromatic N) is 2. The maximum absolute atomic E-state index is 12.5. The molecule has 1 atom stereocenters. The van der Waals surface area contributed by atoms with Gasteiger partial charge in [0.15, 0.2) is 0 Å². The van der Waals surface area contributed by atoms with Gasteiger partial charge >= 0.3 is 0 Å². The summed E-state index contributed by atoms with van der Waals surface area (Å²) in [6.07, 6.45) is 3.64. The van der Waals surface area contributed by atoms with E-state index >= 15 is 0 Å². The Morgan fingerprint density at radius 2 is 2.37 bits per heavy atom. The molecular weight excluding hydrogens is 264 g/mol. The summed E-state index contributed by atoms with van der Waals surface area (Å²) in [6.45, 7) is 4.77. The fourth-order valence-electron chi connectivity index (χ4n) is 2.56. The second-order valence-corrected chi connectivity index (χ2v) is 5.36. The van der Waals surface area contributed by atoms with Gasteiger partial charge in [0.05, 0.1) is 5.54 Å². The van der Waals surface area contributed by atoms with Gasteiger partial charge in [-0.15, -0.1) is 0 Å². The van der Waals surface area contributed by atoms with Gasteiger partial charge in [-0.3, -0.25) is 10.1 Å². The van der Waals surface area contributed by atoms with E-state index in [2.05, 4.69) is 27.5 Å². The quantitative estimate of drug-likeness (QED) is 0.832. The van der Waals surface area contributed by atoms with Crippen LogP contribution in [-0.4, -0.2) is 28.0 Å². The highest BCUT2D eigenvalue weighted by Crippen LogP contribution is 2.26. The number of nitrogens with one attached hydrogen (secondary N) is 2. The Hall–Kier alpha value is -1.20. The molecule has 0 aliphatic carbocycles. The maximum atomic E-state index is 12.5. The lowest BCUT2D eigenvalue weighted by molar-refractivity contribution is -0.122. The van der Waals surface area contributed by atoms with Crippen molar-refractivity contribution in [1.82, 2.24) is 15.3 Å². The van der Waals surface area contributed by atoms with Crippen LogP contribution in [-0.2, 0) is 4.79 Å². The molecule has 104 valence electrons. The summed E-state index contributed by atoms with van der Waals surface area (Å²) in [6, 6.07) is 1.66. The Morgan fingerprint density at radius 3 is 2.95 bits per heavy atom. The normalized spacial score (nSPS) is 22.5. The highest BCUT2D eigenvalue weighted by atomic mass is 35.5. The Labute approximate surface area is 118 Å². The zero-order chi connectivity index (χ0) is 13.9. The lowest BCUT2D eigenvalue weighted by atomic mass is 9.91. The number of aromatic nitrogens is 2. The summed E-state index contributed by atoms with van der Waals surface area (Å²) in [7, 11) is 0. The molecule has 1 saturated heterocycles. The number of amides is 1. The van der Waals surface area contributed by atoms with E-state index in [-0.39, 0.29) is 11.9 Å². The van der Waals surface area contributed by atoms with E-state index in [0.717, 1.165) is 37.9 Å². The van der Waals surface area contributed by atoms with Crippen molar-refractivity contribution < 1.29 is 4.79 Å². The van der Waals surface area contributed by atoms with E-state index in [0.29, 0.717) is 5.15 Å². The molecule has 1 aromatic heterocycles. The monoisotopic (exact) mass is 282 g/mol. The molecule has 1 fully saturated rings. The highest BCUT2D eigenvalue weighted by Gasteiger charge is 2.40. The topological polar surface area (TPSA) is 66.9 Å². The zero-order valence-electron chi connectivity index (χ0n) is 11.3. The molecule has 0 bridgehead atoms. The van der Waals surface area contributed by atoms with Crippen LogP contribution in [0.1, 0.15) is 38.3 Å². The second kappa shape index (κ2) is 5.84. The van der Waals surface area contributed by atoms with Crippen molar-refractivity contribution in [3.05, 3.63) is 16.9 Å². The Morgan fingerprint density at radius 1 is 1.58 bits per heavy atom. The first-order valence-corrected chi connectivity index (χ1v) is 7.01. The number of carbonyl (C=O) groups excluding carboxylic acids is 1. The number of anilines is 1. The first kappa shape index (κ1) is 14.2. The third-order valence-electron chi connectivity index (χ3n) is 3.40. The van der Waals surface area contributed by atoms with Crippen molar-refractivity contribution in [3.63, 3.8) is 0 Å². The molecule has 0 spiro atoms. The molecular formula is C13H19ClN4O. The summed E-state index contributed by atoms with van der Waals surface area (Å²) in [5, 5.41) is 6.44. The molecule has 2 rings (SSSR count). The third-order valence-corrected chi connectivity index (χ3v) is 3.60. The van der Waals surface area contributed by atoms with Crippen molar-refractivity contribution in [2.24, 2.45) is 0 Å². The Kier molecular flexibility index (Phi) is 4.37. The van der Waals surface area contributed by atoms with Crippen LogP contribution in [0.3, 0.4) is 0 Å². The average molecular weight is 283 g/mol. The molecule has 1 unspecified atom stereocenters. The Balaban J connectivity index is 2.14. The molecule has 1 amide bonds. The van der Waals surface area contributed by atoms with E-state index in [4.69, 9.17) is 11.6 Å². The molecule has 0 radical (unpaired) electrons. The van der Waals surface area contributed by atoms with Gasteiger partial charge in [0.1, 0.15) is 5.15 Å². The zero-order valence-corrected chi connectivity index (χ0v) is 12.0. The standard InChI is InChI=1S/C13H19ClN4O/c1-3-5-13(6-4-7-15-13)11(19)18-12-16-9(2)8-10(14)17-12/h8,15H,3-7H2,1-2H3,(H,16,17,18,19). The average Bonchev–Trinajstić information content (AvgIpc) is 2.78. The number of rotatable bonds is 4. The lowest BCUT2D eigenvalue weighted by Gasteiger charge is -2.27. The number of halogens is 1. The third kappa shape index (κ3) is 3.22. The predicted molar refractivity (Wildman–Crippen MR) is 75.3 cm³/mol. The fraction of sp³-hybridized carbons (Fsp3) is 0.615. The first-order chi connectivity index (χ1) is 9.05. The van der Waals surface area contributed by atoms with Crippen LogP contribution in [0.15, 0.2) is 6.07 Å². The van der Waals surface area contributed by atoms with Gasteiger partial charge in [0, 0.05) is 5.69 Å². The van der Waals surface area contributed by atoms with Gasteiger partial charge < -0.3 is 5.32 Å². The SMILES string of the molecule is CCCC1(C(=O)Nc2nc(C)cc(Cl)n2)CCCN1. The molecule has 1 aliphatic heterocycles. The minimum Gasteiger partial charge on any atom is -0.303 e. The molecule has 2 N–H and O–H groups in total. The minimum atomic E-state index is -0.478. The van der Waals surface area contributed by atoms with Crippen molar-refractivity contribution in [2.45, 2.75) is 45.1 Å². The largest absolute Gasteiger partial charge is 0.303 e. The van der Waals surface area contributed by atoms with Crippen LogP contribution in [0.25, 0.3) is 0 Å². The van der Waals surface area contributed by atoms with Crippen molar-refractivity contribution in [2.75, 3.05) is 11.9 Å². The molecule has 1 aliphatic rings. The van der Waals surface area contributed by atoms with Gasteiger partial charge in [-0.1, -0.05) is 24.9 Å². The van der Waals surface area contributed by atoms with E-state index in [1.54, 1.807) is 6.07 Å². The van der Waals surface area contributed by atoms with Gasteiger partial charge in [0.25, 0.3) is 0 Å². The second-order valence-electron chi connectivity index (χ2n) is 4.97. The van der Waals surface area contributed by atoms with Crippen molar-refractivity contribution in [3.8, 4) is 0 Å². The van der Waals surface area contributed by atoms with Crippen LogP contribution in [0.2, 0.25) is 5.15 Å². The van der Waals surface area contributed by atoms with E-state index in [1.165, 1.54) is 0 Å². The van der Waals surface area contributed by atoms with Crippen molar-refractivity contribution >= 4 is 23.5 Å². The fourth-order valence-corrected chi connectivity index (χ4v) is 2.80. The first-order valence-electron chi connectivity index (χ1n) is 6.63. The lowest BCUT2D eigenvalue weighted by Crippen LogP contribution is -2.50. The summed E-state index contributed by atoms with van der Waals surface area (Å²) in [5.74, 6) is 0.215. The molecule has 0 saturated carbocycles. The van der Waals surface area contributed by atoms with Crippen LogP contribution in [0.4, 0.5) is 5.95 Å². The molecule has 5 nitrogen and oxygen atoms in total. The van der Waals surface area contributed by atoms with Gasteiger partial charge in [-0.05, 0) is 38.8 Å². The van der Waals surface area contributed by atoms with E-state index < -0.39 is 5.54 Å². The van der Waals surface area contributed by atoms with E-state index in [9.17, 15) is 4.79 Å². The van der Waals surface area contributed by atoms with Crippen molar-refractivity contribution in [1.29, 1.82) is 0 Å². The van der Waals surface area contributed by atoms with Gasteiger partial charge in [0.2, 0.25) is 11.9 Å². The summed E-state index contributed by atoms with van der Waals surface area (Å²) >= 11 is 5.87. The minimum absolute atomic E-state index is 0.0616. The molecule has 0 aromatic carbocycles. The smallest absolute Gasteiger partial charge is 0.247 e. The van der Waals surface area contributed by atoms with Crippen LogP contribution in [0.5, 0.6) is 0 Å². The number of hydrogen-bond acceptors (Lipinski definition) is 4. The van der Waals surface area contributed by atoms with Crippen LogP contribution < -0.4 is 10.6 Å². The highest BCUT2D eigenvalue weighted by molar-refractivity contribution is 6.29. The Bertz CT molecular complexity index is 451. The number of aryl methyl sites for hydroxylation is 1.